The van der Waals surface area contributed by atoms with Gasteiger partial charge >= 0.3 is 0 Å². The van der Waals surface area contributed by atoms with Crippen molar-refractivity contribution in [2.45, 2.75) is 13.3 Å². The minimum atomic E-state index is 0.265. The van der Waals surface area contributed by atoms with E-state index in [9.17, 15) is 0 Å². The minimum absolute atomic E-state index is 0.265. The summed E-state index contributed by atoms with van der Waals surface area (Å²) in [4.78, 5) is 13.6. The van der Waals surface area contributed by atoms with Crippen LogP contribution in [0.3, 0.4) is 0 Å². The maximum atomic E-state index is 5.90. The molecule has 128 valence electrons. The van der Waals surface area contributed by atoms with Crippen molar-refractivity contribution in [3.63, 3.8) is 0 Å². The number of aromatic nitrogens is 3. The summed E-state index contributed by atoms with van der Waals surface area (Å²) in [5.41, 5.74) is 19.0. The van der Waals surface area contributed by atoms with Gasteiger partial charge in [-0.25, -0.2) is 15.0 Å². The maximum absolute atomic E-state index is 5.90. The van der Waals surface area contributed by atoms with Gasteiger partial charge in [-0.3, -0.25) is 0 Å². The molecule has 0 radical (unpaired) electrons. The van der Waals surface area contributed by atoms with Gasteiger partial charge < -0.3 is 11.5 Å². The molecule has 5 heteroatoms. The zero-order valence-corrected chi connectivity index (χ0v) is 14.5. The van der Waals surface area contributed by atoms with Crippen molar-refractivity contribution in [3.8, 4) is 11.3 Å². The van der Waals surface area contributed by atoms with Gasteiger partial charge in [-0.1, -0.05) is 36.4 Å². The molecule has 26 heavy (non-hydrogen) atoms. The molecule has 4 N–H and O–H groups in total. The molecule has 2 aromatic heterocycles. The average Bonchev–Trinajstić information content (AvgIpc) is 2.62. The van der Waals surface area contributed by atoms with Crippen LogP contribution in [0.4, 0.5) is 11.6 Å². The number of nitrogens with two attached hydrogens (primary N) is 2. The molecule has 0 atom stereocenters. The zero-order valence-electron chi connectivity index (χ0n) is 14.5. The van der Waals surface area contributed by atoms with E-state index in [-0.39, 0.29) is 5.95 Å². The predicted molar refractivity (Wildman–Crippen MR) is 106 cm³/mol. The Morgan fingerprint density at radius 3 is 2.42 bits per heavy atom. The highest BCUT2D eigenvalue weighted by atomic mass is 15.0. The Labute approximate surface area is 151 Å². The molecule has 5 nitrogen and oxygen atoms in total. The number of aryl methyl sites for hydroxylation is 1. The summed E-state index contributed by atoms with van der Waals surface area (Å²) < 4.78 is 0. The number of anilines is 2. The Morgan fingerprint density at radius 2 is 1.65 bits per heavy atom. The Kier molecular flexibility index (Phi) is 3.97. The Morgan fingerprint density at radius 1 is 0.846 bits per heavy atom. The lowest BCUT2D eigenvalue weighted by molar-refractivity contribution is 1.06. The van der Waals surface area contributed by atoms with E-state index in [4.69, 9.17) is 16.5 Å². The van der Waals surface area contributed by atoms with Crippen LogP contribution in [0.1, 0.15) is 16.8 Å². The first-order valence-electron chi connectivity index (χ1n) is 8.44. The molecule has 0 fully saturated rings. The molecule has 0 saturated carbocycles. The molecule has 0 amide bonds. The third-order valence-corrected chi connectivity index (χ3v) is 4.37. The summed E-state index contributed by atoms with van der Waals surface area (Å²) in [6, 6.07) is 19.9. The SMILES string of the molecule is Cc1cc(N)ccc1-c1ccc2nc(N)nc(Cc3ccccc3)c2n1. The van der Waals surface area contributed by atoms with Gasteiger partial charge in [0.05, 0.1) is 16.9 Å². The van der Waals surface area contributed by atoms with Crippen LogP contribution in [-0.2, 0) is 6.42 Å². The highest BCUT2D eigenvalue weighted by Gasteiger charge is 2.12. The van der Waals surface area contributed by atoms with Crippen LogP contribution in [0.2, 0.25) is 0 Å². The number of hydrogen-bond donors (Lipinski definition) is 2. The fraction of sp³-hybridized carbons (Fsp3) is 0.0952. The van der Waals surface area contributed by atoms with Gasteiger partial charge in [0.2, 0.25) is 5.95 Å². The standard InChI is InChI=1S/C21H19N5/c1-13-11-15(22)7-8-16(13)17-9-10-18-20(24-17)19(26-21(23)25-18)12-14-5-3-2-4-6-14/h2-11H,12,22H2,1H3,(H2,23,25,26). The summed E-state index contributed by atoms with van der Waals surface area (Å²) in [7, 11) is 0. The molecule has 0 aliphatic rings. The molecule has 4 rings (SSSR count). The third-order valence-electron chi connectivity index (χ3n) is 4.37. The summed E-state index contributed by atoms with van der Waals surface area (Å²) in [6.45, 7) is 2.03. The van der Waals surface area contributed by atoms with Gasteiger partial charge in [-0.05, 0) is 42.3 Å². The lowest BCUT2D eigenvalue weighted by Gasteiger charge is -2.10. The van der Waals surface area contributed by atoms with Crippen LogP contribution < -0.4 is 11.5 Å². The molecular formula is C21H19N5. The summed E-state index contributed by atoms with van der Waals surface area (Å²) in [6.07, 6.45) is 0.654. The first kappa shape index (κ1) is 16.0. The van der Waals surface area contributed by atoms with E-state index in [0.717, 1.165) is 44.8 Å². The molecule has 0 bridgehead atoms. The third kappa shape index (κ3) is 3.07. The maximum Gasteiger partial charge on any atom is 0.220 e. The van der Waals surface area contributed by atoms with Gasteiger partial charge in [0.25, 0.3) is 0 Å². The smallest absolute Gasteiger partial charge is 0.220 e. The van der Waals surface area contributed by atoms with Crippen molar-refractivity contribution in [3.05, 3.63) is 77.5 Å². The van der Waals surface area contributed by atoms with E-state index < -0.39 is 0 Å². The van der Waals surface area contributed by atoms with E-state index in [1.165, 1.54) is 0 Å². The second-order valence-electron chi connectivity index (χ2n) is 6.33. The number of fused-ring (bicyclic) bond motifs is 1. The summed E-state index contributed by atoms with van der Waals surface area (Å²) >= 11 is 0. The quantitative estimate of drug-likeness (QED) is 0.554. The number of hydrogen-bond acceptors (Lipinski definition) is 5. The second kappa shape index (κ2) is 6.44. The van der Waals surface area contributed by atoms with Crippen LogP contribution >= 0.6 is 0 Å². The summed E-state index contributed by atoms with van der Waals surface area (Å²) in [5.74, 6) is 0.265. The number of nitrogens with zero attached hydrogens (tertiary/aromatic N) is 3. The van der Waals surface area contributed by atoms with Gasteiger partial charge in [0, 0.05) is 17.7 Å². The number of benzene rings is 2. The van der Waals surface area contributed by atoms with E-state index in [2.05, 4.69) is 22.1 Å². The van der Waals surface area contributed by atoms with Crippen molar-refractivity contribution in [2.24, 2.45) is 0 Å². The molecule has 2 aromatic carbocycles. The van der Waals surface area contributed by atoms with E-state index in [1.54, 1.807) is 0 Å². The van der Waals surface area contributed by atoms with Crippen molar-refractivity contribution >= 4 is 22.7 Å². The first-order chi connectivity index (χ1) is 12.6. The van der Waals surface area contributed by atoms with Gasteiger partial charge in [0.15, 0.2) is 0 Å². The lowest BCUT2D eigenvalue weighted by Crippen LogP contribution is -2.03. The van der Waals surface area contributed by atoms with Crippen molar-refractivity contribution in [1.29, 1.82) is 0 Å². The van der Waals surface area contributed by atoms with Crippen LogP contribution in [0.15, 0.2) is 60.7 Å². The zero-order chi connectivity index (χ0) is 18.1. The molecular weight excluding hydrogens is 322 g/mol. The fourth-order valence-corrected chi connectivity index (χ4v) is 3.13. The van der Waals surface area contributed by atoms with Crippen molar-refractivity contribution in [2.75, 3.05) is 11.5 Å². The largest absolute Gasteiger partial charge is 0.399 e. The van der Waals surface area contributed by atoms with Gasteiger partial charge in [0.1, 0.15) is 5.52 Å². The van der Waals surface area contributed by atoms with Crippen LogP contribution in [0, 0.1) is 6.92 Å². The lowest BCUT2D eigenvalue weighted by atomic mass is 10.0. The number of nitrogen functional groups attached to an aromatic ring is 2. The molecule has 0 aliphatic carbocycles. The van der Waals surface area contributed by atoms with Gasteiger partial charge in [-0.2, -0.15) is 0 Å². The van der Waals surface area contributed by atoms with E-state index in [0.29, 0.717) is 6.42 Å². The predicted octanol–water partition coefficient (Wildman–Crippen LogP) is 3.76. The average molecular weight is 341 g/mol. The van der Waals surface area contributed by atoms with Crippen LogP contribution in [0.5, 0.6) is 0 Å². The normalized spacial score (nSPS) is 11.0. The molecule has 4 aromatic rings. The molecule has 0 aliphatic heterocycles. The second-order valence-corrected chi connectivity index (χ2v) is 6.33. The Hall–Kier alpha value is -3.47. The number of rotatable bonds is 3. The molecule has 2 heterocycles. The molecule has 0 spiro atoms. The molecule has 0 unspecified atom stereocenters. The highest BCUT2D eigenvalue weighted by Crippen LogP contribution is 2.27. The summed E-state index contributed by atoms with van der Waals surface area (Å²) in [5, 5.41) is 0. The molecule has 0 saturated heterocycles. The Bertz CT molecular complexity index is 1090. The van der Waals surface area contributed by atoms with E-state index >= 15 is 0 Å². The van der Waals surface area contributed by atoms with Crippen molar-refractivity contribution < 1.29 is 0 Å². The van der Waals surface area contributed by atoms with Crippen molar-refractivity contribution in [1.82, 2.24) is 15.0 Å². The first-order valence-corrected chi connectivity index (χ1v) is 8.44. The topological polar surface area (TPSA) is 90.7 Å². The monoisotopic (exact) mass is 341 g/mol. The minimum Gasteiger partial charge on any atom is -0.399 e. The van der Waals surface area contributed by atoms with Crippen LogP contribution in [-0.4, -0.2) is 15.0 Å². The highest BCUT2D eigenvalue weighted by molar-refractivity contribution is 5.82. The number of pyridine rings is 1. The van der Waals surface area contributed by atoms with E-state index in [1.807, 2.05) is 55.5 Å². The fourth-order valence-electron chi connectivity index (χ4n) is 3.13. The van der Waals surface area contributed by atoms with Gasteiger partial charge in [-0.15, -0.1) is 0 Å². The van der Waals surface area contributed by atoms with Crippen LogP contribution in [0.25, 0.3) is 22.3 Å². The Balaban J connectivity index is 1.86.